The predicted molar refractivity (Wildman–Crippen MR) is 235 cm³/mol. The van der Waals surface area contributed by atoms with Crippen molar-refractivity contribution in [2.75, 3.05) is 40.9 Å². The molecule has 0 aliphatic rings. The van der Waals surface area contributed by atoms with Crippen LogP contribution in [0.4, 0.5) is 0 Å². The fourth-order valence-corrected chi connectivity index (χ4v) is 7.72. The minimum absolute atomic E-state index is 0.0648. The van der Waals surface area contributed by atoms with Crippen LogP contribution in [-0.4, -0.2) is 73.4 Å². The smallest absolute Gasteiger partial charge is 0.387 e. The molecule has 0 aromatic rings. The number of phosphoric ester groups is 1. The van der Waals surface area contributed by atoms with Gasteiger partial charge in [0, 0.05) is 6.42 Å². The number of nitrogens with one attached hydrogen (secondary N) is 1. The molecule has 0 fully saturated rings. The van der Waals surface area contributed by atoms with Crippen molar-refractivity contribution in [3.8, 4) is 0 Å². The standard InChI is InChI=1S/C46H93N2O6P/c1-6-8-10-12-14-16-18-20-22-24-25-27-29-31-33-35-37-39-45(49)44(43-54-55(51,52)53-42-41-48(3,4)5)47-46(50)40-38-36-34-32-30-28-26-23-21-19-17-15-13-11-9-7-2/h37,39,44-45,49H,6-36,38,40-43H2,1-5H3,(H-,47,50,51,52)/p+1/b39-37+/t44-,45+/m0/s1. The molecule has 328 valence electrons. The summed E-state index contributed by atoms with van der Waals surface area (Å²) in [6.45, 7) is 4.84. The van der Waals surface area contributed by atoms with Gasteiger partial charge in [-0.2, -0.15) is 0 Å². The van der Waals surface area contributed by atoms with Crippen molar-refractivity contribution in [2.24, 2.45) is 0 Å². The summed E-state index contributed by atoms with van der Waals surface area (Å²) in [5, 5.41) is 13.9. The molecular weight excluding hydrogens is 707 g/mol. The minimum Gasteiger partial charge on any atom is -0.387 e. The second-order valence-corrected chi connectivity index (χ2v) is 18.9. The first kappa shape index (κ1) is 54.2. The number of likely N-dealkylation sites (N-methyl/N-ethyl adjacent to an activating group) is 1. The van der Waals surface area contributed by atoms with Gasteiger partial charge < -0.3 is 19.8 Å². The molecular formula is C46H94N2O6P+. The van der Waals surface area contributed by atoms with E-state index in [1.807, 2.05) is 27.2 Å². The van der Waals surface area contributed by atoms with Crippen molar-refractivity contribution >= 4 is 13.7 Å². The Balaban J connectivity index is 4.36. The van der Waals surface area contributed by atoms with Crippen LogP contribution in [0.2, 0.25) is 0 Å². The quantitative estimate of drug-likeness (QED) is 0.0245. The van der Waals surface area contributed by atoms with Gasteiger partial charge >= 0.3 is 7.82 Å². The molecule has 0 aromatic carbocycles. The van der Waals surface area contributed by atoms with Gasteiger partial charge in [-0.05, 0) is 19.3 Å². The molecule has 0 rings (SSSR count). The minimum atomic E-state index is -4.33. The number of rotatable bonds is 43. The molecule has 0 aromatic heterocycles. The van der Waals surface area contributed by atoms with E-state index in [2.05, 4.69) is 19.2 Å². The van der Waals surface area contributed by atoms with Crippen LogP contribution in [-0.2, 0) is 18.4 Å². The Bertz CT molecular complexity index is 911. The lowest BCUT2D eigenvalue weighted by Crippen LogP contribution is -2.45. The van der Waals surface area contributed by atoms with Crippen molar-refractivity contribution in [2.45, 2.75) is 238 Å². The average Bonchev–Trinajstić information content (AvgIpc) is 3.13. The van der Waals surface area contributed by atoms with Gasteiger partial charge in [0.25, 0.3) is 0 Å². The zero-order chi connectivity index (χ0) is 40.7. The van der Waals surface area contributed by atoms with Gasteiger partial charge in [-0.25, -0.2) is 4.57 Å². The maximum Gasteiger partial charge on any atom is 0.472 e. The van der Waals surface area contributed by atoms with Crippen molar-refractivity contribution in [3.05, 3.63) is 12.2 Å². The fourth-order valence-electron chi connectivity index (χ4n) is 6.98. The Labute approximate surface area is 342 Å². The van der Waals surface area contributed by atoms with Crippen LogP contribution in [0, 0.1) is 0 Å². The number of hydrogen-bond donors (Lipinski definition) is 3. The lowest BCUT2D eigenvalue weighted by Gasteiger charge is -2.25. The second kappa shape index (κ2) is 38.7. The number of unbranched alkanes of at least 4 members (excludes halogenated alkanes) is 30. The molecule has 0 aliphatic carbocycles. The van der Waals surface area contributed by atoms with Crippen LogP contribution in [0.15, 0.2) is 12.2 Å². The summed E-state index contributed by atoms with van der Waals surface area (Å²) in [5.74, 6) is -0.174. The summed E-state index contributed by atoms with van der Waals surface area (Å²) in [6, 6.07) is -0.840. The molecule has 55 heavy (non-hydrogen) atoms. The summed E-state index contributed by atoms with van der Waals surface area (Å²) >= 11 is 0. The first-order chi connectivity index (χ1) is 26.5. The molecule has 0 saturated heterocycles. The summed E-state index contributed by atoms with van der Waals surface area (Å²) in [6.07, 6.45) is 44.2. The van der Waals surface area contributed by atoms with Crippen molar-refractivity contribution in [3.63, 3.8) is 0 Å². The molecule has 0 aliphatic heterocycles. The Morgan fingerprint density at radius 3 is 1.35 bits per heavy atom. The van der Waals surface area contributed by atoms with E-state index in [1.165, 1.54) is 173 Å². The number of carbonyl (C=O) groups is 1. The van der Waals surface area contributed by atoms with Crippen LogP contribution in [0.25, 0.3) is 0 Å². The molecule has 1 unspecified atom stereocenters. The first-order valence-corrected chi connectivity index (χ1v) is 25.1. The third kappa shape index (κ3) is 41.2. The van der Waals surface area contributed by atoms with Crippen LogP contribution in [0.1, 0.15) is 226 Å². The lowest BCUT2D eigenvalue weighted by atomic mass is 10.0. The Morgan fingerprint density at radius 1 is 0.600 bits per heavy atom. The second-order valence-electron chi connectivity index (χ2n) is 17.5. The summed E-state index contributed by atoms with van der Waals surface area (Å²) in [4.78, 5) is 23.1. The van der Waals surface area contributed by atoms with E-state index >= 15 is 0 Å². The highest BCUT2D eigenvalue weighted by molar-refractivity contribution is 7.47. The number of amides is 1. The van der Waals surface area contributed by atoms with Gasteiger partial charge in [-0.1, -0.05) is 212 Å². The molecule has 9 heteroatoms. The zero-order valence-corrected chi connectivity index (χ0v) is 38.1. The van der Waals surface area contributed by atoms with E-state index in [-0.39, 0.29) is 19.1 Å². The number of quaternary nitrogens is 1. The Morgan fingerprint density at radius 2 is 0.964 bits per heavy atom. The topological polar surface area (TPSA) is 105 Å². The Hall–Kier alpha value is -0.760. The third-order valence-corrected chi connectivity index (χ3v) is 11.7. The summed E-state index contributed by atoms with van der Waals surface area (Å²) in [7, 11) is 1.58. The number of allylic oxidation sites excluding steroid dienone is 1. The fraction of sp³-hybridized carbons (Fsp3) is 0.935. The number of aliphatic hydroxyl groups is 1. The molecule has 8 nitrogen and oxygen atoms in total. The van der Waals surface area contributed by atoms with Crippen molar-refractivity contribution in [1.82, 2.24) is 5.32 Å². The number of carbonyl (C=O) groups excluding carboxylic acids is 1. The van der Waals surface area contributed by atoms with E-state index < -0.39 is 20.0 Å². The normalized spacial score (nSPS) is 14.4. The molecule has 0 radical (unpaired) electrons. The van der Waals surface area contributed by atoms with Crippen LogP contribution in [0.5, 0.6) is 0 Å². The number of hydrogen-bond acceptors (Lipinski definition) is 5. The highest BCUT2D eigenvalue weighted by Gasteiger charge is 2.27. The summed E-state index contributed by atoms with van der Waals surface area (Å²) in [5.41, 5.74) is 0. The monoisotopic (exact) mass is 802 g/mol. The van der Waals surface area contributed by atoms with E-state index in [0.29, 0.717) is 17.4 Å². The van der Waals surface area contributed by atoms with Gasteiger partial charge in [-0.15, -0.1) is 0 Å². The van der Waals surface area contributed by atoms with E-state index in [0.717, 1.165) is 32.1 Å². The molecule has 0 saturated carbocycles. The highest BCUT2D eigenvalue weighted by Crippen LogP contribution is 2.43. The highest BCUT2D eigenvalue weighted by atomic mass is 31.2. The maximum absolute atomic E-state index is 12.9. The van der Waals surface area contributed by atoms with Crippen molar-refractivity contribution < 1.29 is 32.9 Å². The Kier molecular flexibility index (Phi) is 38.2. The van der Waals surface area contributed by atoms with Crippen LogP contribution >= 0.6 is 7.82 Å². The molecule has 0 bridgehead atoms. The van der Waals surface area contributed by atoms with Gasteiger partial charge in [-0.3, -0.25) is 13.8 Å². The lowest BCUT2D eigenvalue weighted by molar-refractivity contribution is -0.870. The van der Waals surface area contributed by atoms with Gasteiger partial charge in [0.15, 0.2) is 0 Å². The van der Waals surface area contributed by atoms with E-state index in [4.69, 9.17) is 9.05 Å². The van der Waals surface area contributed by atoms with Crippen LogP contribution in [0.3, 0.4) is 0 Å². The average molecular weight is 802 g/mol. The van der Waals surface area contributed by atoms with E-state index in [1.54, 1.807) is 6.08 Å². The largest absolute Gasteiger partial charge is 0.472 e. The number of nitrogens with zero attached hydrogens (tertiary/aromatic N) is 1. The van der Waals surface area contributed by atoms with Gasteiger partial charge in [0.1, 0.15) is 13.2 Å². The SMILES string of the molecule is CCCCCCCCCCCCCCCCC/C=C/[C@@H](O)[C@H](COP(=O)(O)OCC[N+](C)(C)C)NC(=O)CCCCCCCCCCCCCCCCCC. The van der Waals surface area contributed by atoms with Gasteiger partial charge in [0.2, 0.25) is 5.91 Å². The predicted octanol–water partition coefficient (Wildman–Crippen LogP) is 13.1. The maximum atomic E-state index is 12.9. The molecule has 3 atom stereocenters. The number of aliphatic hydroxyl groups excluding tert-OH is 1. The molecule has 0 spiro atoms. The number of phosphoric acid groups is 1. The first-order valence-electron chi connectivity index (χ1n) is 23.6. The van der Waals surface area contributed by atoms with Crippen molar-refractivity contribution in [1.29, 1.82) is 0 Å². The van der Waals surface area contributed by atoms with E-state index in [9.17, 15) is 19.4 Å². The molecule has 0 heterocycles. The van der Waals surface area contributed by atoms with Crippen LogP contribution < -0.4 is 5.32 Å². The third-order valence-electron chi connectivity index (χ3n) is 10.8. The summed E-state index contributed by atoms with van der Waals surface area (Å²) < 4.78 is 23.6. The molecule has 3 N–H and O–H groups in total. The zero-order valence-electron chi connectivity index (χ0n) is 37.2. The molecule has 1 amide bonds. The van der Waals surface area contributed by atoms with Gasteiger partial charge in [0.05, 0.1) is 39.9 Å².